The SMILES string of the molecule is CCCc1nc2cc(N)ccc2n1-c1cc(Br)ccc1Cl. The summed E-state index contributed by atoms with van der Waals surface area (Å²) in [4.78, 5) is 4.72. The maximum atomic E-state index is 6.40. The molecule has 0 fully saturated rings. The first-order chi connectivity index (χ1) is 10.1. The number of hydrogen-bond acceptors (Lipinski definition) is 2. The monoisotopic (exact) mass is 363 g/mol. The highest BCUT2D eigenvalue weighted by Crippen LogP contribution is 2.30. The van der Waals surface area contributed by atoms with Crippen molar-refractivity contribution in [3.05, 3.63) is 51.7 Å². The molecule has 3 nitrogen and oxygen atoms in total. The van der Waals surface area contributed by atoms with E-state index in [-0.39, 0.29) is 0 Å². The van der Waals surface area contributed by atoms with Crippen LogP contribution in [-0.4, -0.2) is 9.55 Å². The first-order valence-electron chi connectivity index (χ1n) is 6.82. The van der Waals surface area contributed by atoms with Crippen molar-refractivity contribution in [3.63, 3.8) is 0 Å². The van der Waals surface area contributed by atoms with Crippen molar-refractivity contribution in [1.82, 2.24) is 9.55 Å². The Labute approximate surface area is 136 Å². The predicted octanol–water partition coefficient (Wildman–Crippen LogP) is 4.98. The van der Waals surface area contributed by atoms with Crippen LogP contribution >= 0.6 is 27.5 Å². The fourth-order valence-electron chi connectivity index (χ4n) is 2.46. The van der Waals surface area contributed by atoms with Crippen LogP contribution < -0.4 is 5.73 Å². The number of hydrogen-bond donors (Lipinski definition) is 1. The molecule has 0 radical (unpaired) electrons. The van der Waals surface area contributed by atoms with E-state index in [1.54, 1.807) is 0 Å². The van der Waals surface area contributed by atoms with Gasteiger partial charge in [-0.2, -0.15) is 0 Å². The molecule has 0 saturated carbocycles. The van der Waals surface area contributed by atoms with E-state index in [1.165, 1.54) is 0 Å². The Morgan fingerprint density at radius 3 is 2.81 bits per heavy atom. The van der Waals surface area contributed by atoms with Gasteiger partial charge in [0.1, 0.15) is 5.82 Å². The lowest BCUT2D eigenvalue weighted by molar-refractivity contribution is 0.818. The van der Waals surface area contributed by atoms with Gasteiger partial charge in [-0.1, -0.05) is 34.5 Å². The first-order valence-corrected chi connectivity index (χ1v) is 7.99. The van der Waals surface area contributed by atoms with Gasteiger partial charge in [0.15, 0.2) is 0 Å². The molecule has 0 amide bonds. The van der Waals surface area contributed by atoms with Gasteiger partial charge in [0, 0.05) is 16.6 Å². The third kappa shape index (κ3) is 2.65. The number of benzene rings is 2. The molecule has 1 aromatic heterocycles. The minimum atomic E-state index is 0.701. The Morgan fingerprint density at radius 1 is 1.24 bits per heavy atom. The van der Waals surface area contributed by atoms with E-state index in [4.69, 9.17) is 22.3 Å². The second-order valence-corrected chi connectivity index (χ2v) is 6.28. The Morgan fingerprint density at radius 2 is 2.05 bits per heavy atom. The van der Waals surface area contributed by atoms with Crippen LogP contribution in [0.3, 0.4) is 0 Å². The lowest BCUT2D eigenvalue weighted by Crippen LogP contribution is -2.02. The van der Waals surface area contributed by atoms with Gasteiger partial charge in [-0.25, -0.2) is 4.98 Å². The number of anilines is 1. The molecule has 2 N–H and O–H groups in total. The second kappa shape index (κ2) is 5.70. The van der Waals surface area contributed by atoms with E-state index in [0.29, 0.717) is 5.02 Å². The number of aryl methyl sites for hydroxylation is 1. The van der Waals surface area contributed by atoms with Crippen molar-refractivity contribution in [3.8, 4) is 5.69 Å². The lowest BCUT2D eigenvalue weighted by Gasteiger charge is -2.11. The van der Waals surface area contributed by atoms with Gasteiger partial charge >= 0.3 is 0 Å². The van der Waals surface area contributed by atoms with Crippen LogP contribution in [0.4, 0.5) is 5.69 Å². The van der Waals surface area contributed by atoms with Crippen molar-refractivity contribution in [1.29, 1.82) is 0 Å². The smallest absolute Gasteiger partial charge is 0.114 e. The lowest BCUT2D eigenvalue weighted by atomic mass is 10.2. The fraction of sp³-hybridized carbons (Fsp3) is 0.188. The molecule has 3 rings (SSSR count). The Balaban J connectivity index is 2.33. The van der Waals surface area contributed by atoms with Gasteiger partial charge in [0.05, 0.1) is 21.7 Å². The van der Waals surface area contributed by atoms with Crippen molar-refractivity contribution < 1.29 is 0 Å². The van der Waals surface area contributed by atoms with Crippen molar-refractivity contribution >= 4 is 44.3 Å². The Hall–Kier alpha value is -1.52. The molecule has 0 aliphatic rings. The van der Waals surface area contributed by atoms with Crippen LogP contribution in [0, 0.1) is 0 Å². The van der Waals surface area contributed by atoms with E-state index in [0.717, 1.165) is 45.5 Å². The minimum Gasteiger partial charge on any atom is -0.399 e. The number of aromatic nitrogens is 2. The highest BCUT2D eigenvalue weighted by Gasteiger charge is 2.14. The molecular formula is C16H15BrClN3. The molecule has 0 aliphatic heterocycles. The van der Waals surface area contributed by atoms with Crippen molar-refractivity contribution in [2.24, 2.45) is 0 Å². The third-order valence-corrected chi connectivity index (χ3v) is 4.18. The number of nitrogens with two attached hydrogens (primary N) is 1. The molecule has 0 spiro atoms. The normalized spacial score (nSPS) is 11.2. The van der Waals surface area contributed by atoms with Gasteiger partial charge < -0.3 is 5.73 Å². The van der Waals surface area contributed by atoms with Crippen LogP contribution in [0.15, 0.2) is 40.9 Å². The molecule has 2 aromatic carbocycles. The van der Waals surface area contributed by atoms with E-state index in [1.807, 2.05) is 36.4 Å². The summed E-state index contributed by atoms with van der Waals surface area (Å²) in [5.41, 5.74) is 9.44. The zero-order chi connectivity index (χ0) is 15.0. The van der Waals surface area contributed by atoms with Crippen molar-refractivity contribution in [2.75, 3.05) is 5.73 Å². The number of rotatable bonds is 3. The molecule has 21 heavy (non-hydrogen) atoms. The van der Waals surface area contributed by atoms with Gasteiger partial charge in [0.2, 0.25) is 0 Å². The molecule has 3 aromatic rings. The van der Waals surface area contributed by atoms with Crippen LogP contribution in [0.2, 0.25) is 5.02 Å². The summed E-state index contributed by atoms with van der Waals surface area (Å²) in [7, 11) is 0. The molecule has 0 aliphatic carbocycles. The zero-order valence-corrected chi connectivity index (χ0v) is 13.9. The molecule has 108 valence electrons. The van der Waals surface area contributed by atoms with Crippen LogP contribution in [0.25, 0.3) is 16.7 Å². The predicted molar refractivity (Wildman–Crippen MR) is 92.2 cm³/mol. The van der Waals surface area contributed by atoms with Crippen molar-refractivity contribution in [2.45, 2.75) is 19.8 Å². The molecule has 0 unspecified atom stereocenters. The summed E-state index contributed by atoms with van der Waals surface area (Å²) in [6, 6.07) is 11.6. The number of nitrogens with zero attached hydrogens (tertiary/aromatic N) is 2. The molecule has 1 heterocycles. The zero-order valence-electron chi connectivity index (χ0n) is 11.6. The average Bonchev–Trinajstić information content (AvgIpc) is 2.79. The van der Waals surface area contributed by atoms with Gasteiger partial charge in [-0.3, -0.25) is 4.57 Å². The maximum absolute atomic E-state index is 6.40. The number of nitrogen functional groups attached to an aromatic ring is 1. The fourth-order valence-corrected chi connectivity index (χ4v) is 3.02. The van der Waals surface area contributed by atoms with Crippen LogP contribution in [0.1, 0.15) is 19.2 Å². The quantitative estimate of drug-likeness (QED) is 0.666. The summed E-state index contributed by atoms with van der Waals surface area (Å²) in [6.07, 6.45) is 1.90. The highest BCUT2D eigenvalue weighted by atomic mass is 79.9. The summed E-state index contributed by atoms with van der Waals surface area (Å²) in [5.74, 6) is 0.998. The molecule has 0 saturated heterocycles. The summed E-state index contributed by atoms with van der Waals surface area (Å²) in [5, 5.41) is 0.701. The number of imidazole rings is 1. The van der Waals surface area contributed by atoms with Gasteiger partial charge in [0.25, 0.3) is 0 Å². The second-order valence-electron chi connectivity index (χ2n) is 4.96. The number of fused-ring (bicyclic) bond motifs is 1. The van der Waals surface area contributed by atoms with Crippen LogP contribution in [0.5, 0.6) is 0 Å². The van der Waals surface area contributed by atoms with E-state index >= 15 is 0 Å². The maximum Gasteiger partial charge on any atom is 0.114 e. The van der Waals surface area contributed by atoms with E-state index in [2.05, 4.69) is 27.4 Å². The Kier molecular flexibility index (Phi) is 3.91. The summed E-state index contributed by atoms with van der Waals surface area (Å²) in [6.45, 7) is 2.14. The van der Waals surface area contributed by atoms with Crippen LogP contribution in [-0.2, 0) is 6.42 Å². The topological polar surface area (TPSA) is 43.8 Å². The Bertz CT molecular complexity index is 811. The minimum absolute atomic E-state index is 0.701. The molecule has 5 heteroatoms. The van der Waals surface area contributed by atoms with Gasteiger partial charge in [-0.15, -0.1) is 0 Å². The van der Waals surface area contributed by atoms with E-state index < -0.39 is 0 Å². The van der Waals surface area contributed by atoms with Gasteiger partial charge in [-0.05, 0) is 42.8 Å². The average molecular weight is 365 g/mol. The summed E-state index contributed by atoms with van der Waals surface area (Å²) < 4.78 is 3.10. The third-order valence-electron chi connectivity index (χ3n) is 3.37. The molecular weight excluding hydrogens is 350 g/mol. The first kappa shape index (κ1) is 14.4. The standard InChI is InChI=1S/C16H15BrClN3/c1-2-3-16-20-13-9-11(19)5-7-14(13)21(16)15-8-10(17)4-6-12(15)18/h4-9H,2-3,19H2,1H3. The molecule has 0 atom stereocenters. The summed E-state index contributed by atoms with van der Waals surface area (Å²) >= 11 is 9.91. The van der Waals surface area contributed by atoms with E-state index in [9.17, 15) is 0 Å². The highest BCUT2D eigenvalue weighted by molar-refractivity contribution is 9.10. The number of halogens is 2. The largest absolute Gasteiger partial charge is 0.399 e. The molecule has 0 bridgehead atoms.